The quantitative estimate of drug-likeness (QED) is 0.586. The van der Waals surface area contributed by atoms with Crippen molar-refractivity contribution in [3.05, 3.63) is 21.9 Å². The molecule has 4 nitrogen and oxygen atoms in total. The Morgan fingerprint density at radius 1 is 1.50 bits per heavy atom. The molecule has 1 aromatic heterocycles. The molecule has 2 heterocycles. The number of aryl methyl sites for hydroxylation is 2. The molecular weight excluding hydrogens is 154 g/mol. The number of rotatable bonds is 0. The number of hydrogen-bond acceptors (Lipinski definition) is 3. The second kappa shape index (κ2) is 2.62. The number of nitrogens with one attached hydrogen (secondary N) is 2. The van der Waals surface area contributed by atoms with E-state index in [-0.39, 0.29) is 5.56 Å². The third-order valence-corrected chi connectivity index (χ3v) is 2.00. The number of H-pyrrole nitrogens is 1. The van der Waals surface area contributed by atoms with E-state index in [9.17, 15) is 4.79 Å². The van der Waals surface area contributed by atoms with E-state index < -0.39 is 0 Å². The van der Waals surface area contributed by atoms with E-state index in [4.69, 9.17) is 0 Å². The molecule has 0 spiro atoms. The molecule has 0 amide bonds. The number of aromatic nitrogens is 2. The Kier molecular flexibility index (Phi) is 1.60. The molecular formula is C8H11N3O. The summed E-state index contributed by atoms with van der Waals surface area (Å²) in [5.41, 5.74) is 1.52. The van der Waals surface area contributed by atoms with E-state index in [0.717, 1.165) is 25.1 Å². The maximum atomic E-state index is 11.3. The number of fused-ring (bicyclic) bond motifs is 1. The Morgan fingerprint density at radius 3 is 3.17 bits per heavy atom. The zero-order valence-electron chi connectivity index (χ0n) is 6.98. The highest BCUT2D eigenvalue weighted by Gasteiger charge is 2.13. The first-order chi connectivity index (χ1) is 5.77. The Labute approximate surface area is 70.0 Å². The maximum absolute atomic E-state index is 11.3. The Hall–Kier alpha value is -1.32. The number of aromatic amines is 1. The van der Waals surface area contributed by atoms with Gasteiger partial charge < -0.3 is 10.3 Å². The van der Waals surface area contributed by atoms with Crippen LogP contribution in [-0.4, -0.2) is 16.5 Å². The third-order valence-electron chi connectivity index (χ3n) is 2.00. The van der Waals surface area contributed by atoms with Crippen LogP contribution in [0.5, 0.6) is 0 Å². The second-order valence-corrected chi connectivity index (χ2v) is 3.00. The summed E-state index contributed by atoms with van der Waals surface area (Å²) >= 11 is 0. The zero-order chi connectivity index (χ0) is 8.55. The molecule has 0 saturated carbocycles. The van der Waals surface area contributed by atoms with Crippen molar-refractivity contribution in [1.82, 2.24) is 9.97 Å². The number of nitrogens with zero attached hydrogens (tertiary/aromatic N) is 1. The average Bonchev–Trinajstić information content (AvgIpc) is 2.04. The van der Waals surface area contributed by atoms with Crippen molar-refractivity contribution in [2.75, 3.05) is 11.9 Å². The van der Waals surface area contributed by atoms with E-state index in [0.29, 0.717) is 11.5 Å². The van der Waals surface area contributed by atoms with Crippen LogP contribution in [0.25, 0.3) is 0 Å². The van der Waals surface area contributed by atoms with Crippen molar-refractivity contribution in [2.24, 2.45) is 0 Å². The lowest BCUT2D eigenvalue weighted by atomic mass is 10.1. The highest BCUT2D eigenvalue weighted by atomic mass is 16.1. The predicted octanol–water partition coefficient (Wildman–Crippen LogP) is 0.436. The van der Waals surface area contributed by atoms with Crippen LogP contribution in [0.1, 0.15) is 17.9 Å². The SMILES string of the molecule is Cc1nc2c(c(=O)[nH]1)NCCC2. The number of hydrogen-bond donors (Lipinski definition) is 2. The van der Waals surface area contributed by atoms with Crippen LogP contribution < -0.4 is 10.9 Å². The third kappa shape index (κ3) is 1.09. The summed E-state index contributed by atoms with van der Waals surface area (Å²) in [5.74, 6) is 0.697. The first kappa shape index (κ1) is 7.34. The minimum absolute atomic E-state index is 0.0443. The maximum Gasteiger partial charge on any atom is 0.274 e. The van der Waals surface area contributed by atoms with Gasteiger partial charge in [0.05, 0.1) is 5.69 Å². The molecule has 1 aliphatic heterocycles. The van der Waals surface area contributed by atoms with E-state index in [2.05, 4.69) is 15.3 Å². The molecule has 0 radical (unpaired) electrons. The van der Waals surface area contributed by atoms with Gasteiger partial charge in [-0.3, -0.25) is 4.79 Å². The van der Waals surface area contributed by atoms with Gasteiger partial charge in [-0.15, -0.1) is 0 Å². The van der Waals surface area contributed by atoms with Crippen molar-refractivity contribution in [3.63, 3.8) is 0 Å². The van der Waals surface area contributed by atoms with E-state index in [1.807, 2.05) is 0 Å². The van der Waals surface area contributed by atoms with Gasteiger partial charge in [0.2, 0.25) is 0 Å². The molecule has 1 aromatic rings. The minimum atomic E-state index is -0.0443. The molecule has 2 rings (SSSR count). The fourth-order valence-corrected chi connectivity index (χ4v) is 1.48. The molecule has 0 aliphatic carbocycles. The highest BCUT2D eigenvalue weighted by molar-refractivity contribution is 5.47. The monoisotopic (exact) mass is 165 g/mol. The molecule has 1 aliphatic rings. The van der Waals surface area contributed by atoms with Crippen LogP contribution >= 0.6 is 0 Å². The zero-order valence-corrected chi connectivity index (χ0v) is 6.98. The van der Waals surface area contributed by atoms with Gasteiger partial charge in [-0.25, -0.2) is 4.98 Å². The first-order valence-corrected chi connectivity index (χ1v) is 4.11. The lowest BCUT2D eigenvalue weighted by molar-refractivity contribution is 0.778. The van der Waals surface area contributed by atoms with Crippen molar-refractivity contribution in [2.45, 2.75) is 19.8 Å². The van der Waals surface area contributed by atoms with Crippen LogP contribution in [0.2, 0.25) is 0 Å². The Bertz CT molecular complexity index is 356. The van der Waals surface area contributed by atoms with Crippen molar-refractivity contribution in [1.29, 1.82) is 0 Å². The topological polar surface area (TPSA) is 57.8 Å². The largest absolute Gasteiger partial charge is 0.379 e. The van der Waals surface area contributed by atoms with Gasteiger partial charge in [0.25, 0.3) is 5.56 Å². The van der Waals surface area contributed by atoms with Crippen molar-refractivity contribution in [3.8, 4) is 0 Å². The molecule has 64 valence electrons. The predicted molar refractivity (Wildman–Crippen MR) is 46.4 cm³/mol. The molecule has 0 aromatic carbocycles. The van der Waals surface area contributed by atoms with Crippen molar-refractivity contribution < 1.29 is 0 Å². The Balaban J connectivity index is 2.60. The van der Waals surface area contributed by atoms with Gasteiger partial charge in [-0.1, -0.05) is 0 Å². The molecule has 0 saturated heterocycles. The van der Waals surface area contributed by atoms with Crippen molar-refractivity contribution >= 4 is 5.69 Å². The average molecular weight is 165 g/mol. The fraction of sp³-hybridized carbons (Fsp3) is 0.500. The van der Waals surface area contributed by atoms with Gasteiger partial charge >= 0.3 is 0 Å². The van der Waals surface area contributed by atoms with Gasteiger partial charge in [-0.2, -0.15) is 0 Å². The van der Waals surface area contributed by atoms with Crippen LogP contribution in [0, 0.1) is 6.92 Å². The minimum Gasteiger partial charge on any atom is -0.379 e. The van der Waals surface area contributed by atoms with Crippen LogP contribution in [-0.2, 0) is 6.42 Å². The standard InChI is InChI=1S/C8H11N3O/c1-5-10-6-3-2-4-9-7(6)8(12)11-5/h9H,2-4H2,1H3,(H,10,11,12). The highest BCUT2D eigenvalue weighted by Crippen LogP contribution is 2.13. The van der Waals surface area contributed by atoms with Gasteiger partial charge in [-0.05, 0) is 19.8 Å². The van der Waals surface area contributed by atoms with Crippen LogP contribution in [0.15, 0.2) is 4.79 Å². The molecule has 12 heavy (non-hydrogen) atoms. The summed E-state index contributed by atoms with van der Waals surface area (Å²) in [6.07, 6.45) is 1.97. The summed E-state index contributed by atoms with van der Waals surface area (Å²) in [6, 6.07) is 0. The summed E-state index contributed by atoms with van der Waals surface area (Å²) in [4.78, 5) is 18.3. The molecule has 4 heteroatoms. The molecule has 0 atom stereocenters. The Morgan fingerprint density at radius 2 is 2.33 bits per heavy atom. The molecule has 2 N–H and O–H groups in total. The molecule has 0 bridgehead atoms. The van der Waals surface area contributed by atoms with Gasteiger partial charge in [0.1, 0.15) is 11.5 Å². The number of anilines is 1. The van der Waals surface area contributed by atoms with E-state index in [1.54, 1.807) is 6.92 Å². The fourth-order valence-electron chi connectivity index (χ4n) is 1.48. The lowest BCUT2D eigenvalue weighted by Gasteiger charge is -2.15. The first-order valence-electron chi connectivity index (χ1n) is 4.11. The molecule has 0 unspecified atom stereocenters. The van der Waals surface area contributed by atoms with Crippen LogP contribution in [0.4, 0.5) is 5.69 Å². The van der Waals surface area contributed by atoms with Gasteiger partial charge in [0, 0.05) is 6.54 Å². The summed E-state index contributed by atoms with van der Waals surface area (Å²) in [7, 11) is 0. The van der Waals surface area contributed by atoms with Crippen LogP contribution in [0.3, 0.4) is 0 Å². The van der Waals surface area contributed by atoms with E-state index in [1.165, 1.54) is 0 Å². The normalized spacial score (nSPS) is 15.1. The second-order valence-electron chi connectivity index (χ2n) is 3.00. The summed E-state index contributed by atoms with van der Waals surface area (Å²) < 4.78 is 0. The van der Waals surface area contributed by atoms with E-state index >= 15 is 0 Å². The van der Waals surface area contributed by atoms with Gasteiger partial charge in [0.15, 0.2) is 0 Å². The molecule has 0 fully saturated rings. The lowest BCUT2D eigenvalue weighted by Crippen LogP contribution is -2.24. The summed E-state index contributed by atoms with van der Waals surface area (Å²) in [5, 5.41) is 3.05. The smallest absolute Gasteiger partial charge is 0.274 e. The summed E-state index contributed by atoms with van der Waals surface area (Å²) in [6.45, 7) is 2.68.